The second-order valence-electron chi connectivity index (χ2n) is 1.65. The Labute approximate surface area is 54.5 Å². The van der Waals surface area contributed by atoms with Crippen LogP contribution in [0.4, 0.5) is 0 Å². The molecule has 0 bridgehead atoms. The maximum absolute atomic E-state index is 10.6. The first-order valence-corrected chi connectivity index (χ1v) is 2.67. The lowest BCUT2D eigenvalue weighted by Crippen LogP contribution is -1.98. The number of ketones is 1. The fraction of sp³-hybridized carbons (Fsp3) is 0.286. The summed E-state index contributed by atoms with van der Waals surface area (Å²) in [6.07, 6.45) is 1.53. The van der Waals surface area contributed by atoms with Crippen LogP contribution in [-0.4, -0.2) is 17.5 Å². The summed E-state index contributed by atoms with van der Waals surface area (Å²) in [7, 11) is 0. The van der Waals surface area contributed by atoms with E-state index in [1.165, 1.54) is 6.08 Å². The Morgan fingerprint density at radius 2 is 2.22 bits per heavy atom. The lowest BCUT2D eigenvalue weighted by molar-refractivity contribution is -0.111. The van der Waals surface area contributed by atoms with Gasteiger partial charge >= 0.3 is 0 Å². The van der Waals surface area contributed by atoms with Gasteiger partial charge in [0.1, 0.15) is 0 Å². The molecule has 0 saturated heterocycles. The predicted molar refractivity (Wildman–Crippen MR) is 36.0 cm³/mol. The molecule has 2 nitrogen and oxygen atoms in total. The normalized spacial score (nSPS) is 8.56. The highest BCUT2D eigenvalue weighted by atomic mass is 16.3. The molecule has 9 heavy (non-hydrogen) atoms. The third-order valence-corrected chi connectivity index (χ3v) is 0.947. The molecule has 0 spiro atoms. The van der Waals surface area contributed by atoms with E-state index in [4.69, 9.17) is 5.11 Å². The molecule has 0 fully saturated rings. The van der Waals surface area contributed by atoms with E-state index in [-0.39, 0.29) is 12.4 Å². The van der Waals surface area contributed by atoms with E-state index in [0.717, 1.165) is 0 Å². The summed E-state index contributed by atoms with van der Waals surface area (Å²) in [5, 5.41) is 8.33. The summed E-state index contributed by atoms with van der Waals surface area (Å²) in [6.45, 7) is 6.68. The van der Waals surface area contributed by atoms with Crippen molar-refractivity contribution in [2.75, 3.05) is 6.61 Å². The lowest BCUT2D eigenvalue weighted by atomic mass is 10.1. The topological polar surface area (TPSA) is 37.3 Å². The monoisotopic (exact) mass is 126 g/mol. The predicted octanol–water partition coefficient (Wildman–Crippen LogP) is 0.680. The van der Waals surface area contributed by atoms with Crippen LogP contribution in [-0.2, 0) is 4.79 Å². The SMILES string of the molecule is C=CC(=O)C(=C)CCO. The molecule has 50 valence electrons. The van der Waals surface area contributed by atoms with E-state index >= 15 is 0 Å². The molecule has 2 heteroatoms. The molecule has 0 aromatic heterocycles. The fourth-order valence-electron chi connectivity index (χ4n) is 0.402. The third-order valence-electron chi connectivity index (χ3n) is 0.947. The molecule has 0 unspecified atom stereocenters. The standard InChI is InChI=1S/C7H10O2/c1-3-7(9)6(2)4-5-8/h3,8H,1-2,4-5H2. The quantitative estimate of drug-likeness (QED) is 0.562. The van der Waals surface area contributed by atoms with Gasteiger partial charge in [-0.3, -0.25) is 4.79 Å². The van der Waals surface area contributed by atoms with Gasteiger partial charge in [-0.15, -0.1) is 0 Å². The summed E-state index contributed by atoms with van der Waals surface area (Å²) in [6, 6.07) is 0. The largest absolute Gasteiger partial charge is 0.396 e. The minimum absolute atomic E-state index is 0.0294. The molecule has 0 rings (SSSR count). The molecule has 0 amide bonds. The number of carbonyl (C=O) groups excluding carboxylic acids is 1. The second-order valence-corrected chi connectivity index (χ2v) is 1.65. The summed E-state index contributed by atoms with van der Waals surface area (Å²) in [5.41, 5.74) is 0.410. The van der Waals surface area contributed by atoms with Crippen molar-refractivity contribution in [1.29, 1.82) is 0 Å². The minimum Gasteiger partial charge on any atom is -0.396 e. The van der Waals surface area contributed by atoms with Gasteiger partial charge in [0.2, 0.25) is 0 Å². The Morgan fingerprint density at radius 3 is 2.56 bits per heavy atom. The van der Waals surface area contributed by atoms with Crippen molar-refractivity contribution < 1.29 is 9.90 Å². The van der Waals surface area contributed by atoms with Gasteiger partial charge in [0.15, 0.2) is 5.78 Å². The molecular weight excluding hydrogens is 116 g/mol. The maximum Gasteiger partial charge on any atom is 0.180 e. The van der Waals surface area contributed by atoms with Crippen LogP contribution in [0.15, 0.2) is 24.8 Å². The number of hydrogen-bond acceptors (Lipinski definition) is 2. The average Bonchev–Trinajstić information content (AvgIpc) is 1.87. The summed E-state index contributed by atoms with van der Waals surface area (Å²) in [4.78, 5) is 10.6. The molecule has 0 aromatic rings. The Hall–Kier alpha value is -0.890. The van der Waals surface area contributed by atoms with Gasteiger partial charge in [0.05, 0.1) is 0 Å². The van der Waals surface area contributed by atoms with Crippen molar-refractivity contribution in [2.24, 2.45) is 0 Å². The number of hydrogen-bond donors (Lipinski definition) is 1. The minimum atomic E-state index is -0.191. The van der Waals surface area contributed by atoms with Crippen molar-refractivity contribution in [1.82, 2.24) is 0 Å². The van der Waals surface area contributed by atoms with Gasteiger partial charge in [0.25, 0.3) is 0 Å². The Balaban J connectivity index is 3.73. The van der Waals surface area contributed by atoms with E-state index in [9.17, 15) is 4.79 Å². The first-order chi connectivity index (χ1) is 4.22. The van der Waals surface area contributed by atoms with Gasteiger partial charge in [-0.05, 0) is 18.1 Å². The number of allylic oxidation sites excluding steroid dienone is 1. The van der Waals surface area contributed by atoms with Gasteiger partial charge in [0, 0.05) is 6.61 Å². The Kier molecular flexibility index (Phi) is 3.64. The third kappa shape index (κ3) is 2.82. The van der Waals surface area contributed by atoms with Crippen LogP contribution in [0.1, 0.15) is 6.42 Å². The van der Waals surface area contributed by atoms with Crippen molar-refractivity contribution in [3.63, 3.8) is 0 Å². The van der Waals surface area contributed by atoms with Crippen molar-refractivity contribution >= 4 is 5.78 Å². The molecule has 0 aliphatic rings. The smallest absolute Gasteiger partial charge is 0.180 e. The van der Waals surface area contributed by atoms with Crippen LogP contribution < -0.4 is 0 Å². The fourth-order valence-corrected chi connectivity index (χ4v) is 0.402. The number of rotatable bonds is 4. The summed E-state index contributed by atoms with van der Waals surface area (Å²) >= 11 is 0. The highest BCUT2D eigenvalue weighted by Gasteiger charge is 1.98. The van der Waals surface area contributed by atoms with Gasteiger partial charge < -0.3 is 5.11 Å². The first-order valence-electron chi connectivity index (χ1n) is 2.67. The average molecular weight is 126 g/mol. The number of aliphatic hydroxyl groups excluding tert-OH is 1. The zero-order valence-corrected chi connectivity index (χ0v) is 5.26. The highest BCUT2D eigenvalue weighted by Crippen LogP contribution is 1.97. The van der Waals surface area contributed by atoms with Gasteiger partial charge in [-0.25, -0.2) is 0 Å². The molecule has 0 radical (unpaired) electrons. The molecule has 0 aliphatic carbocycles. The maximum atomic E-state index is 10.6. The molecule has 0 aliphatic heterocycles. The molecule has 0 saturated carbocycles. The Bertz CT molecular complexity index is 136. The van der Waals surface area contributed by atoms with E-state index in [1.54, 1.807) is 0 Å². The van der Waals surface area contributed by atoms with E-state index in [0.29, 0.717) is 12.0 Å². The number of aliphatic hydroxyl groups is 1. The number of carbonyl (C=O) groups is 1. The lowest BCUT2D eigenvalue weighted by Gasteiger charge is -1.94. The summed E-state index contributed by atoms with van der Waals surface area (Å²) < 4.78 is 0. The van der Waals surface area contributed by atoms with Crippen LogP contribution >= 0.6 is 0 Å². The van der Waals surface area contributed by atoms with Crippen molar-refractivity contribution in [2.45, 2.75) is 6.42 Å². The molecule has 0 aromatic carbocycles. The Morgan fingerprint density at radius 1 is 1.67 bits per heavy atom. The van der Waals surface area contributed by atoms with E-state index in [2.05, 4.69) is 13.2 Å². The molecule has 1 N–H and O–H groups in total. The molecule has 0 heterocycles. The highest BCUT2D eigenvalue weighted by molar-refractivity contribution is 6.02. The van der Waals surface area contributed by atoms with Crippen molar-refractivity contribution in [3.8, 4) is 0 Å². The zero-order chi connectivity index (χ0) is 7.28. The molecule has 0 atom stereocenters. The first kappa shape index (κ1) is 8.11. The van der Waals surface area contributed by atoms with Gasteiger partial charge in [-0.1, -0.05) is 13.2 Å². The second kappa shape index (κ2) is 4.04. The van der Waals surface area contributed by atoms with Crippen LogP contribution in [0, 0.1) is 0 Å². The zero-order valence-electron chi connectivity index (χ0n) is 5.26. The van der Waals surface area contributed by atoms with Crippen molar-refractivity contribution in [3.05, 3.63) is 24.8 Å². The van der Waals surface area contributed by atoms with Crippen LogP contribution in [0.5, 0.6) is 0 Å². The van der Waals surface area contributed by atoms with Crippen LogP contribution in [0.25, 0.3) is 0 Å². The van der Waals surface area contributed by atoms with Crippen LogP contribution in [0.2, 0.25) is 0 Å². The molecular formula is C7H10O2. The van der Waals surface area contributed by atoms with Crippen LogP contribution in [0.3, 0.4) is 0 Å². The van der Waals surface area contributed by atoms with Gasteiger partial charge in [-0.2, -0.15) is 0 Å². The van der Waals surface area contributed by atoms with E-state index in [1.807, 2.05) is 0 Å². The van der Waals surface area contributed by atoms with E-state index < -0.39 is 0 Å². The summed E-state index contributed by atoms with van der Waals surface area (Å²) in [5.74, 6) is -0.191.